The molecule has 0 saturated heterocycles. The first kappa shape index (κ1) is 66.2. The first-order chi connectivity index (χ1) is 33.8. The summed E-state index contributed by atoms with van der Waals surface area (Å²) in [5, 5.41) is 0. The van der Waals surface area contributed by atoms with Crippen molar-refractivity contribution in [3.63, 3.8) is 0 Å². The van der Waals surface area contributed by atoms with Crippen LogP contribution in [0.4, 0.5) is 0 Å². The van der Waals surface area contributed by atoms with E-state index in [1.165, 1.54) is 122 Å². The van der Waals surface area contributed by atoms with Gasteiger partial charge in [-0.2, -0.15) is 0 Å². The fourth-order valence-corrected chi connectivity index (χ4v) is 8.40. The van der Waals surface area contributed by atoms with Gasteiger partial charge < -0.3 is 20.1 Å². The Morgan fingerprint density at radius 2 is 0.797 bits per heavy atom. The number of rotatable bonds is 52. The first-order valence-electron chi connectivity index (χ1n) is 28.1. The van der Waals surface area contributed by atoms with Crippen molar-refractivity contribution in [2.24, 2.45) is 5.73 Å². The molecule has 0 aliphatic heterocycles. The minimum absolute atomic E-state index is 0.0498. The van der Waals surface area contributed by atoms with E-state index < -0.39 is 26.5 Å². The molecular weight excluding hydrogens is 882 g/mol. The summed E-state index contributed by atoms with van der Waals surface area (Å²) in [6.07, 6.45) is 70.5. The molecule has 0 rings (SSSR count). The summed E-state index contributed by atoms with van der Waals surface area (Å²) >= 11 is 0. The van der Waals surface area contributed by atoms with Crippen LogP contribution in [0.25, 0.3) is 0 Å². The molecule has 3 N–H and O–H groups in total. The Kier molecular flexibility index (Phi) is 52.3. The van der Waals surface area contributed by atoms with E-state index in [9.17, 15) is 19.0 Å². The average molecular weight is 986 g/mol. The summed E-state index contributed by atoms with van der Waals surface area (Å²) in [7, 11) is -4.39. The molecule has 0 fully saturated rings. The predicted octanol–water partition coefficient (Wildman–Crippen LogP) is 17.5. The fraction of sp³-hybridized carbons (Fsp3) is 0.729. The number of carbonyl (C=O) groups is 2. The second-order valence-electron chi connectivity index (χ2n) is 18.4. The van der Waals surface area contributed by atoms with E-state index >= 15 is 0 Å². The minimum atomic E-state index is -4.39. The summed E-state index contributed by atoms with van der Waals surface area (Å²) < 4.78 is 33.0. The van der Waals surface area contributed by atoms with Gasteiger partial charge >= 0.3 is 19.8 Å². The third kappa shape index (κ3) is 54.4. The Morgan fingerprint density at radius 3 is 1.19 bits per heavy atom. The number of carbonyl (C=O) groups excluding carboxylic acids is 2. The van der Waals surface area contributed by atoms with Gasteiger partial charge in [-0.05, 0) is 89.9 Å². The van der Waals surface area contributed by atoms with E-state index in [1.54, 1.807) is 0 Å². The zero-order valence-electron chi connectivity index (χ0n) is 44.3. The zero-order valence-corrected chi connectivity index (χ0v) is 45.2. The lowest BCUT2D eigenvalue weighted by Crippen LogP contribution is -2.29. The molecule has 0 aromatic carbocycles. The molecule has 0 aliphatic carbocycles. The lowest BCUT2D eigenvalue weighted by Gasteiger charge is -2.19. The van der Waals surface area contributed by atoms with Crippen molar-refractivity contribution < 1.29 is 37.6 Å². The standard InChI is InChI=1S/C59H104NO8P/c1-3-5-7-9-11-13-15-17-19-21-23-24-25-26-27-28-29-30-31-32-34-36-38-40-42-44-46-48-50-52-59(62)68-57(56-67-69(63,64)66-54-53-60)55-65-58(61)51-49-47-45-43-41-39-37-35-33-22-20-18-16-14-12-10-8-6-4-2/h5,7,11-14,17-20,23-24,26-27,57H,3-4,6,8-10,15-16,21-22,25,28-56,60H2,1-2H3,(H,63,64)/b7-5-,13-11-,14-12-,19-17-,20-18-,24-23-,27-26-. The molecule has 0 spiro atoms. The Morgan fingerprint density at radius 1 is 0.449 bits per heavy atom. The van der Waals surface area contributed by atoms with Gasteiger partial charge in [0.15, 0.2) is 6.10 Å². The van der Waals surface area contributed by atoms with Crippen molar-refractivity contribution in [3.8, 4) is 0 Å². The topological polar surface area (TPSA) is 134 Å². The normalized spacial score (nSPS) is 13.7. The third-order valence-electron chi connectivity index (χ3n) is 11.8. The highest BCUT2D eigenvalue weighted by Gasteiger charge is 2.26. The van der Waals surface area contributed by atoms with Crippen LogP contribution in [-0.2, 0) is 32.7 Å². The largest absolute Gasteiger partial charge is 0.472 e. The molecule has 0 radical (unpaired) electrons. The van der Waals surface area contributed by atoms with Gasteiger partial charge in [0.2, 0.25) is 0 Å². The molecular formula is C59H104NO8P. The van der Waals surface area contributed by atoms with Gasteiger partial charge in [0.25, 0.3) is 0 Å². The van der Waals surface area contributed by atoms with E-state index in [4.69, 9.17) is 24.3 Å². The van der Waals surface area contributed by atoms with Crippen LogP contribution in [0.3, 0.4) is 0 Å². The monoisotopic (exact) mass is 986 g/mol. The van der Waals surface area contributed by atoms with E-state index in [0.717, 1.165) is 89.9 Å². The maximum absolute atomic E-state index is 12.7. The summed E-state index contributed by atoms with van der Waals surface area (Å²) in [6, 6.07) is 0. The second-order valence-corrected chi connectivity index (χ2v) is 19.9. The lowest BCUT2D eigenvalue weighted by atomic mass is 10.0. The van der Waals surface area contributed by atoms with E-state index in [-0.39, 0.29) is 38.6 Å². The number of esters is 2. The molecule has 2 atom stereocenters. The van der Waals surface area contributed by atoms with Gasteiger partial charge in [0, 0.05) is 19.4 Å². The Balaban J connectivity index is 3.99. The summed E-state index contributed by atoms with van der Waals surface area (Å²) in [6.45, 7) is 3.61. The van der Waals surface area contributed by atoms with Gasteiger partial charge in [0.1, 0.15) is 6.61 Å². The van der Waals surface area contributed by atoms with Crippen LogP contribution in [0.1, 0.15) is 245 Å². The number of phosphoric ester groups is 1. The molecule has 0 amide bonds. The first-order valence-corrected chi connectivity index (χ1v) is 29.6. The summed E-state index contributed by atoms with van der Waals surface area (Å²) in [5.74, 6) is -0.832. The number of ether oxygens (including phenoxy) is 2. The quantitative estimate of drug-likeness (QED) is 0.0264. The number of nitrogens with two attached hydrogens (primary N) is 1. The Bertz CT molecular complexity index is 1400. The van der Waals surface area contributed by atoms with Crippen LogP contribution >= 0.6 is 7.82 Å². The number of hydrogen-bond donors (Lipinski definition) is 2. The highest BCUT2D eigenvalue weighted by Crippen LogP contribution is 2.43. The minimum Gasteiger partial charge on any atom is -0.462 e. The molecule has 0 bridgehead atoms. The second kappa shape index (κ2) is 54.5. The van der Waals surface area contributed by atoms with Crippen molar-refractivity contribution in [1.82, 2.24) is 0 Å². The third-order valence-corrected chi connectivity index (χ3v) is 12.7. The number of unbranched alkanes of at least 4 members (excludes halogenated alkanes) is 25. The van der Waals surface area contributed by atoms with Gasteiger partial charge in [-0.15, -0.1) is 0 Å². The zero-order chi connectivity index (χ0) is 50.2. The predicted molar refractivity (Wildman–Crippen MR) is 293 cm³/mol. The number of hydrogen-bond acceptors (Lipinski definition) is 8. The van der Waals surface area contributed by atoms with Crippen LogP contribution in [0.2, 0.25) is 0 Å². The van der Waals surface area contributed by atoms with Gasteiger partial charge in [-0.3, -0.25) is 18.6 Å². The van der Waals surface area contributed by atoms with Crippen molar-refractivity contribution in [1.29, 1.82) is 0 Å². The Hall–Kier alpha value is -2.81. The fourth-order valence-electron chi connectivity index (χ4n) is 7.63. The van der Waals surface area contributed by atoms with Gasteiger partial charge in [-0.1, -0.05) is 227 Å². The smallest absolute Gasteiger partial charge is 0.462 e. The summed E-state index contributed by atoms with van der Waals surface area (Å²) in [4.78, 5) is 35.2. The maximum atomic E-state index is 12.7. The van der Waals surface area contributed by atoms with Crippen molar-refractivity contribution in [2.75, 3.05) is 26.4 Å². The molecule has 9 nitrogen and oxygen atoms in total. The molecule has 0 aromatic rings. The van der Waals surface area contributed by atoms with Crippen LogP contribution in [0.15, 0.2) is 85.1 Å². The maximum Gasteiger partial charge on any atom is 0.472 e. The van der Waals surface area contributed by atoms with Crippen molar-refractivity contribution in [3.05, 3.63) is 85.1 Å². The number of phosphoric acid groups is 1. The Labute approximate surface area is 424 Å². The molecule has 2 unspecified atom stereocenters. The number of allylic oxidation sites excluding steroid dienone is 14. The van der Waals surface area contributed by atoms with Crippen LogP contribution in [0, 0.1) is 0 Å². The summed E-state index contributed by atoms with van der Waals surface area (Å²) in [5.41, 5.74) is 5.38. The highest BCUT2D eigenvalue weighted by molar-refractivity contribution is 7.47. The van der Waals surface area contributed by atoms with E-state index in [0.29, 0.717) is 6.42 Å². The molecule has 0 aromatic heterocycles. The van der Waals surface area contributed by atoms with Crippen LogP contribution < -0.4 is 5.73 Å². The van der Waals surface area contributed by atoms with Crippen molar-refractivity contribution >= 4 is 19.8 Å². The van der Waals surface area contributed by atoms with Crippen molar-refractivity contribution in [2.45, 2.75) is 251 Å². The average Bonchev–Trinajstić information content (AvgIpc) is 3.34. The van der Waals surface area contributed by atoms with Gasteiger partial charge in [-0.25, -0.2) is 4.57 Å². The molecule has 10 heteroatoms. The molecule has 69 heavy (non-hydrogen) atoms. The van der Waals surface area contributed by atoms with Crippen LogP contribution in [-0.4, -0.2) is 49.3 Å². The molecule has 0 aliphatic rings. The SMILES string of the molecule is CC/C=C\C/C=C\C/C=C\C/C=C\C/C=C\CCCCCCCCCCCCCCCC(=O)OC(COC(=O)CCCCCCCCCCC/C=C\C/C=C\CCCCC)COP(=O)(O)OCCN. The lowest BCUT2D eigenvalue weighted by molar-refractivity contribution is -0.161. The van der Waals surface area contributed by atoms with Crippen LogP contribution in [0.5, 0.6) is 0 Å². The van der Waals surface area contributed by atoms with E-state index in [2.05, 4.69) is 98.9 Å². The molecule has 0 heterocycles. The highest BCUT2D eigenvalue weighted by atomic mass is 31.2. The van der Waals surface area contributed by atoms with E-state index in [1.807, 2.05) is 0 Å². The molecule has 398 valence electrons. The van der Waals surface area contributed by atoms with Gasteiger partial charge in [0.05, 0.1) is 13.2 Å². The molecule has 0 saturated carbocycles.